The Labute approximate surface area is 182 Å². The molecule has 0 saturated carbocycles. The van der Waals surface area contributed by atoms with Crippen molar-refractivity contribution in [2.75, 3.05) is 31.9 Å². The summed E-state index contributed by atoms with van der Waals surface area (Å²) in [5, 5.41) is 9.77. The number of hydrogen-bond donors (Lipinski definition) is 0. The van der Waals surface area contributed by atoms with Gasteiger partial charge in [0.15, 0.2) is 5.16 Å². The fourth-order valence-electron chi connectivity index (χ4n) is 4.21. The monoisotopic (exact) mass is 429 g/mol. The first-order valence-electron chi connectivity index (χ1n) is 10.8. The van der Waals surface area contributed by atoms with Crippen LogP contribution < -0.4 is 0 Å². The number of likely N-dealkylation sites (tertiary alicyclic amines) is 1. The van der Waals surface area contributed by atoms with Gasteiger partial charge < -0.3 is 14.2 Å². The number of carbonyl (C=O) groups is 1. The summed E-state index contributed by atoms with van der Waals surface area (Å²) in [7, 11) is 0. The average molecular weight is 430 g/mol. The summed E-state index contributed by atoms with van der Waals surface area (Å²) in [5.74, 6) is 1.48. The summed E-state index contributed by atoms with van der Waals surface area (Å²) < 4.78 is 7.93. The van der Waals surface area contributed by atoms with E-state index in [0.29, 0.717) is 18.8 Å². The Kier molecular flexibility index (Phi) is 7.07. The van der Waals surface area contributed by atoms with Crippen molar-refractivity contribution in [3.8, 4) is 0 Å². The SMILES string of the molecule is CC1CN(C(=O)CSc2nnc(CN3CCCC3)n2Cc2ccccc2)CC(C)O1. The van der Waals surface area contributed by atoms with Crippen molar-refractivity contribution in [3.05, 3.63) is 41.7 Å². The van der Waals surface area contributed by atoms with Crippen LogP contribution in [-0.4, -0.2) is 74.6 Å². The lowest BCUT2D eigenvalue weighted by Crippen LogP contribution is -2.48. The molecule has 2 aromatic rings. The van der Waals surface area contributed by atoms with Gasteiger partial charge in [0.25, 0.3) is 0 Å². The number of ether oxygens (including phenoxy) is 1. The van der Waals surface area contributed by atoms with E-state index < -0.39 is 0 Å². The smallest absolute Gasteiger partial charge is 0.233 e. The molecule has 30 heavy (non-hydrogen) atoms. The van der Waals surface area contributed by atoms with Crippen LogP contribution in [0.1, 0.15) is 38.1 Å². The topological polar surface area (TPSA) is 63.5 Å². The third kappa shape index (κ3) is 5.42. The molecular formula is C22H31N5O2S. The van der Waals surface area contributed by atoms with Crippen LogP contribution in [0, 0.1) is 0 Å². The highest BCUT2D eigenvalue weighted by molar-refractivity contribution is 7.99. The second-order valence-corrected chi connectivity index (χ2v) is 9.24. The highest BCUT2D eigenvalue weighted by Gasteiger charge is 2.26. The first-order chi connectivity index (χ1) is 14.6. The highest BCUT2D eigenvalue weighted by Crippen LogP contribution is 2.22. The Morgan fingerprint density at radius 1 is 1.07 bits per heavy atom. The highest BCUT2D eigenvalue weighted by atomic mass is 32.2. The molecule has 0 aliphatic carbocycles. The van der Waals surface area contributed by atoms with Crippen molar-refractivity contribution >= 4 is 17.7 Å². The standard InChI is InChI=1S/C22H31N5O2S/c1-17-12-26(13-18(2)29-17)21(28)16-30-22-24-23-20(15-25-10-6-7-11-25)27(22)14-19-8-4-3-5-9-19/h3-5,8-9,17-18H,6-7,10-16H2,1-2H3. The number of hydrogen-bond acceptors (Lipinski definition) is 6. The molecule has 7 nitrogen and oxygen atoms in total. The van der Waals surface area contributed by atoms with Crippen molar-refractivity contribution in [1.29, 1.82) is 0 Å². The zero-order valence-corrected chi connectivity index (χ0v) is 18.7. The third-order valence-electron chi connectivity index (χ3n) is 5.64. The summed E-state index contributed by atoms with van der Waals surface area (Å²) in [5.41, 5.74) is 1.21. The summed E-state index contributed by atoms with van der Waals surface area (Å²) in [6.45, 7) is 9.11. The lowest BCUT2D eigenvalue weighted by atomic mass is 10.2. The van der Waals surface area contributed by atoms with Crippen molar-refractivity contribution in [3.63, 3.8) is 0 Å². The molecule has 0 radical (unpaired) electrons. The number of carbonyl (C=O) groups excluding carboxylic acids is 1. The fourth-order valence-corrected chi connectivity index (χ4v) is 5.07. The molecule has 1 aromatic carbocycles. The van der Waals surface area contributed by atoms with E-state index in [9.17, 15) is 4.79 Å². The predicted molar refractivity (Wildman–Crippen MR) is 117 cm³/mol. The second kappa shape index (κ2) is 9.94. The number of benzene rings is 1. The van der Waals surface area contributed by atoms with Crippen molar-refractivity contribution < 1.29 is 9.53 Å². The molecule has 1 aromatic heterocycles. The molecule has 2 unspecified atom stereocenters. The first-order valence-corrected chi connectivity index (χ1v) is 11.8. The van der Waals surface area contributed by atoms with Crippen LogP contribution in [0.2, 0.25) is 0 Å². The fraction of sp³-hybridized carbons (Fsp3) is 0.591. The molecule has 4 rings (SSSR count). The number of morpholine rings is 1. The van der Waals surface area contributed by atoms with E-state index in [1.54, 1.807) is 0 Å². The van der Waals surface area contributed by atoms with Gasteiger partial charge in [-0.05, 0) is 45.3 Å². The lowest BCUT2D eigenvalue weighted by molar-refractivity contribution is -0.140. The Hall–Kier alpha value is -1.90. The molecule has 8 heteroatoms. The zero-order valence-electron chi connectivity index (χ0n) is 17.9. The van der Waals surface area contributed by atoms with E-state index in [4.69, 9.17) is 4.74 Å². The van der Waals surface area contributed by atoms with Gasteiger partial charge in [0, 0.05) is 13.1 Å². The molecule has 0 N–H and O–H groups in total. The Morgan fingerprint density at radius 2 is 1.77 bits per heavy atom. The third-order valence-corrected chi connectivity index (χ3v) is 6.59. The van der Waals surface area contributed by atoms with Gasteiger partial charge in [0.1, 0.15) is 5.82 Å². The van der Waals surface area contributed by atoms with Crippen molar-refractivity contribution in [1.82, 2.24) is 24.6 Å². The average Bonchev–Trinajstić information content (AvgIpc) is 3.37. The van der Waals surface area contributed by atoms with E-state index in [2.05, 4.69) is 43.9 Å². The summed E-state index contributed by atoms with van der Waals surface area (Å²) >= 11 is 1.49. The number of rotatable bonds is 7. The zero-order chi connectivity index (χ0) is 20.9. The molecule has 0 bridgehead atoms. The van der Waals surface area contributed by atoms with Crippen LogP contribution in [-0.2, 0) is 22.6 Å². The molecule has 2 aliphatic rings. The molecule has 1 amide bonds. The van der Waals surface area contributed by atoms with Gasteiger partial charge in [-0.25, -0.2) is 0 Å². The number of nitrogens with zero attached hydrogens (tertiary/aromatic N) is 5. The van der Waals surface area contributed by atoms with Crippen LogP contribution in [0.25, 0.3) is 0 Å². The van der Waals surface area contributed by atoms with E-state index in [0.717, 1.165) is 37.2 Å². The summed E-state index contributed by atoms with van der Waals surface area (Å²) in [4.78, 5) is 17.1. The van der Waals surface area contributed by atoms with Crippen LogP contribution in [0.15, 0.2) is 35.5 Å². The van der Waals surface area contributed by atoms with Gasteiger partial charge in [0.2, 0.25) is 5.91 Å². The Balaban J connectivity index is 1.46. The van der Waals surface area contributed by atoms with Crippen LogP contribution in [0.4, 0.5) is 0 Å². The minimum atomic E-state index is 0.0801. The quantitative estimate of drug-likeness (QED) is 0.631. The van der Waals surface area contributed by atoms with Gasteiger partial charge in [-0.3, -0.25) is 9.69 Å². The number of thioether (sulfide) groups is 1. The maximum absolute atomic E-state index is 12.8. The molecule has 3 heterocycles. The second-order valence-electron chi connectivity index (χ2n) is 8.30. The number of amides is 1. The molecule has 162 valence electrons. The molecule has 2 aliphatic heterocycles. The molecule has 0 spiro atoms. The van der Waals surface area contributed by atoms with Crippen molar-refractivity contribution in [2.45, 2.75) is 57.1 Å². The van der Waals surface area contributed by atoms with Crippen LogP contribution >= 0.6 is 11.8 Å². The molecule has 2 saturated heterocycles. The van der Waals surface area contributed by atoms with Gasteiger partial charge in [-0.1, -0.05) is 42.1 Å². The van der Waals surface area contributed by atoms with Crippen molar-refractivity contribution in [2.24, 2.45) is 0 Å². The summed E-state index contributed by atoms with van der Waals surface area (Å²) in [6, 6.07) is 10.4. The predicted octanol–water partition coefficient (Wildman–Crippen LogP) is 2.65. The van der Waals surface area contributed by atoms with E-state index in [1.165, 1.54) is 30.2 Å². The van der Waals surface area contributed by atoms with Gasteiger partial charge in [0.05, 0.1) is 31.1 Å². The minimum absolute atomic E-state index is 0.0801. The largest absolute Gasteiger partial charge is 0.372 e. The van der Waals surface area contributed by atoms with E-state index in [1.807, 2.05) is 24.8 Å². The van der Waals surface area contributed by atoms with E-state index >= 15 is 0 Å². The lowest BCUT2D eigenvalue weighted by Gasteiger charge is -2.35. The minimum Gasteiger partial charge on any atom is -0.372 e. The Bertz CT molecular complexity index is 827. The number of aromatic nitrogens is 3. The van der Waals surface area contributed by atoms with Crippen LogP contribution in [0.3, 0.4) is 0 Å². The van der Waals surface area contributed by atoms with Crippen LogP contribution in [0.5, 0.6) is 0 Å². The summed E-state index contributed by atoms with van der Waals surface area (Å²) in [6.07, 6.45) is 2.66. The normalized spacial score (nSPS) is 22.5. The maximum atomic E-state index is 12.8. The van der Waals surface area contributed by atoms with Gasteiger partial charge in [-0.2, -0.15) is 0 Å². The van der Waals surface area contributed by atoms with Gasteiger partial charge >= 0.3 is 0 Å². The van der Waals surface area contributed by atoms with E-state index in [-0.39, 0.29) is 18.1 Å². The molecular weight excluding hydrogens is 398 g/mol. The molecule has 2 atom stereocenters. The van der Waals surface area contributed by atoms with Gasteiger partial charge in [-0.15, -0.1) is 10.2 Å². The maximum Gasteiger partial charge on any atom is 0.233 e. The first kappa shape index (κ1) is 21.3. The Morgan fingerprint density at radius 3 is 2.47 bits per heavy atom. The molecule has 2 fully saturated rings.